The van der Waals surface area contributed by atoms with Gasteiger partial charge in [0.2, 0.25) is 5.82 Å². The molecule has 0 fully saturated rings. The van der Waals surface area contributed by atoms with Crippen molar-refractivity contribution in [3.05, 3.63) is 59.4 Å². The van der Waals surface area contributed by atoms with Crippen LogP contribution in [-0.2, 0) is 26.9 Å². The van der Waals surface area contributed by atoms with Gasteiger partial charge in [0, 0.05) is 0 Å². The van der Waals surface area contributed by atoms with Crippen LogP contribution < -0.4 is 0 Å². The molecule has 0 saturated carbocycles. The lowest BCUT2D eigenvalue weighted by atomic mass is 10.3. The predicted molar refractivity (Wildman–Crippen MR) is 76.1 cm³/mol. The summed E-state index contributed by atoms with van der Waals surface area (Å²) in [5, 5.41) is 3.75. The number of halogens is 5. The van der Waals surface area contributed by atoms with Crippen LogP contribution in [0.5, 0.6) is 0 Å². The molecule has 0 amide bonds. The molecule has 0 aromatic heterocycles. The topological polar surface area (TPSA) is 27.7 Å². The van der Waals surface area contributed by atoms with E-state index in [9.17, 15) is 22.0 Å². The molecule has 2 aromatic carbocycles. The van der Waals surface area contributed by atoms with Crippen molar-refractivity contribution in [1.82, 2.24) is 0 Å². The zero-order chi connectivity index (χ0) is 17.4. The molecular weight excluding hydrogens is 363 g/mol. The second-order valence-corrected chi connectivity index (χ2v) is 4.94. The quantitative estimate of drug-likeness (QED) is 0.119. The highest BCUT2D eigenvalue weighted by atomic mass is 32.2. The average molecular weight is 373 g/mol. The van der Waals surface area contributed by atoms with Crippen LogP contribution in [0.25, 0.3) is 0 Å². The van der Waals surface area contributed by atoms with Crippen LogP contribution in [0.4, 0.5) is 22.0 Å². The van der Waals surface area contributed by atoms with Crippen LogP contribution in [-0.4, -0.2) is 7.11 Å². The van der Waals surface area contributed by atoms with Gasteiger partial charge >= 0.3 is 0 Å². The van der Waals surface area contributed by atoms with Gasteiger partial charge in [0.05, 0.1) is 19.2 Å². The predicted octanol–water partition coefficient (Wildman–Crippen LogP) is 3.96. The van der Waals surface area contributed by atoms with Gasteiger partial charge in [-0.1, -0.05) is 23.2 Å². The molecule has 2 aromatic rings. The molecule has 0 spiro atoms. The van der Waals surface area contributed by atoms with Gasteiger partial charge in [0.1, 0.15) is 9.79 Å². The Hall–Kier alpha value is -1.33. The van der Waals surface area contributed by atoms with Crippen molar-refractivity contribution >= 4 is 24.7 Å². The van der Waals surface area contributed by atoms with E-state index in [1.807, 2.05) is 30.3 Å². The normalized spacial score (nSPS) is 10.2. The second-order valence-electron chi connectivity index (χ2n) is 3.65. The van der Waals surface area contributed by atoms with Crippen molar-refractivity contribution in [3.8, 4) is 0 Å². The molecule has 0 aliphatic carbocycles. The lowest BCUT2D eigenvalue weighted by Crippen LogP contribution is -2.03. The number of rotatable bonds is 4. The Bertz CT molecular complexity index is 614. The lowest BCUT2D eigenvalue weighted by molar-refractivity contribution is -0.447. The molecule has 2 rings (SSSR count). The molecule has 0 aliphatic rings. The highest BCUT2D eigenvalue weighted by molar-refractivity contribution is 7.94. The first-order chi connectivity index (χ1) is 10.9. The molecular formula is C13H10F5O3S2+. The van der Waals surface area contributed by atoms with E-state index >= 15 is 0 Å². The largest absolute Gasteiger partial charge is 0.209 e. The van der Waals surface area contributed by atoms with Crippen molar-refractivity contribution in [2.24, 2.45) is 0 Å². The molecule has 0 atom stereocenters. The van der Waals surface area contributed by atoms with Crippen molar-refractivity contribution in [1.29, 1.82) is 0 Å². The van der Waals surface area contributed by atoms with Crippen molar-refractivity contribution in [2.75, 3.05) is 7.11 Å². The van der Waals surface area contributed by atoms with Gasteiger partial charge in [-0.25, -0.2) is 26.8 Å². The highest BCUT2D eigenvalue weighted by Gasteiger charge is 2.26. The van der Waals surface area contributed by atoms with Crippen molar-refractivity contribution in [2.45, 2.75) is 9.79 Å². The van der Waals surface area contributed by atoms with Gasteiger partial charge in [-0.3, -0.25) is 0 Å². The van der Waals surface area contributed by atoms with Crippen LogP contribution in [0, 0.1) is 29.1 Å². The molecule has 0 bridgehead atoms. The maximum Gasteiger partial charge on any atom is 0.200 e. The molecule has 0 saturated heterocycles. The van der Waals surface area contributed by atoms with Gasteiger partial charge in [0.25, 0.3) is 0 Å². The summed E-state index contributed by atoms with van der Waals surface area (Å²) in [5.74, 6) is -10.4. The Morgan fingerprint density at radius 2 is 1.30 bits per heavy atom. The number of hydrogen-bond acceptors (Lipinski definition) is 4. The fraction of sp³-hybridized carbons (Fsp3) is 0.0769. The average Bonchev–Trinajstić information content (AvgIpc) is 2.56. The van der Waals surface area contributed by atoms with Crippen LogP contribution in [0.1, 0.15) is 0 Å². The molecule has 0 N–H and O–H groups in total. The third-order valence-corrected chi connectivity index (χ3v) is 3.14. The SMILES string of the molecule is COOOSc1c(F)c(F)c(F)c(F)c1F.[SH2+]c1ccccc1. The zero-order valence-corrected chi connectivity index (χ0v) is 13.2. The fourth-order valence-corrected chi connectivity index (χ4v) is 1.84. The Morgan fingerprint density at radius 3 is 1.70 bits per heavy atom. The Kier molecular flexibility index (Phi) is 8.34. The summed E-state index contributed by atoms with van der Waals surface area (Å²) in [6.45, 7) is 0. The molecule has 3 nitrogen and oxygen atoms in total. The first kappa shape index (κ1) is 19.7. The standard InChI is InChI=1S/C7H3F5O3S.C6H6S/c1-13-14-15-16-7-5(11)3(9)2(8)4(10)6(7)12;7-6-4-2-1-3-5-6/h1H3;1-5,7H/p+1. The summed E-state index contributed by atoms with van der Waals surface area (Å²) in [6, 6.07) is 9.96. The minimum absolute atomic E-state index is 0.209. The van der Waals surface area contributed by atoms with E-state index in [0.29, 0.717) is 0 Å². The Morgan fingerprint density at radius 1 is 0.826 bits per heavy atom. The van der Waals surface area contributed by atoms with E-state index in [0.717, 1.165) is 12.0 Å². The fourth-order valence-electron chi connectivity index (χ4n) is 1.17. The minimum Gasteiger partial charge on any atom is -0.209 e. The summed E-state index contributed by atoms with van der Waals surface area (Å²) in [4.78, 5) is 3.78. The summed E-state index contributed by atoms with van der Waals surface area (Å²) < 4.78 is 67.5. The van der Waals surface area contributed by atoms with E-state index in [1.165, 1.54) is 0 Å². The molecule has 23 heavy (non-hydrogen) atoms. The van der Waals surface area contributed by atoms with Crippen molar-refractivity contribution in [3.63, 3.8) is 0 Å². The van der Waals surface area contributed by atoms with Gasteiger partial charge in [0.15, 0.2) is 23.3 Å². The molecule has 0 aliphatic heterocycles. The smallest absolute Gasteiger partial charge is 0.200 e. The van der Waals surface area contributed by atoms with Crippen LogP contribution in [0.2, 0.25) is 0 Å². The maximum absolute atomic E-state index is 12.9. The zero-order valence-electron chi connectivity index (χ0n) is 11.4. The van der Waals surface area contributed by atoms with E-state index in [-0.39, 0.29) is 12.0 Å². The molecule has 0 heterocycles. The summed E-state index contributed by atoms with van der Waals surface area (Å²) in [5.41, 5.74) is 0. The first-order valence-electron chi connectivity index (χ1n) is 5.72. The van der Waals surface area contributed by atoms with E-state index in [2.05, 4.69) is 26.9 Å². The molecule has 126 valence electrons. The van der Waals surface area contributed by atoms with E-state index < -0.39 is 34.0 Å². The molecule has 0 radical (unpaired) electrons. The van der Waals surface area contributed by atoms with Gasteiger partial charge in [-0.05, 0) is 24.8 Å². The van der Waals surface area contributed by atoms with E-state index in [1.54, 1.807) is 0 Å². The monoisotopic (exact) mass is 373 g/mol. The maximum atomic E-state index is 12.9. The Labute approximate surface area is 137 Å². The van der Waals surface area contributed by atoms with E-state index in [4.69, 9.17) is 0 Å². The third kappa shape index (κ3) is 5.66. The van der Waals surface area contributed by atoms with Crippen LogP contribution in [0.15, 0.2) is 40.1 Å². The molecule has 0 unspecified atom stereocenters. The number of benzene rings is 2. The first-order valence-corrected chi connectivity index (χ1v) is 6.96. The Balaban J connectivity index is 0.000000313. The van der Waals surface area contributed by atoms with Gasteiger partial charge in [-0.15, -0.1) is 4.33 Å². The van der Waals surface area contributed by atoms with Crippen LogP contribution >= 0.6 is 12.0 Å². The minimum atomic E-state index is -2.24. The van der Waals surface area contributed by atoms with Gasteiger partial charge in [-0.2, -0.15) is 0 Å². The summed E-state index contributed by atoms with van der Waals surface area (Å²) >= 11 is 3.15. The van der Waals surface area contributed by atoms with Crippen molar-refractivity contribution < 1.29 is 36.2 Å². The van der Waals surface area contributed by atoms with Crippen LogP contribution in [0.3, 0.4) is 0 Å². The lowest BCUT2D eigenvalue weighted by Gasteiger charge is -2.05. The van der Waals surface area contributed by atoms with Gasteiger partial charge < -0.3 is 0 Å². The summed E-state index contributed by atoms with van der Waals surface area (Å²) in [6.07, 6.45) is 0. The third-order valence-electron chi connectivity index (χ3n) is 2.16. The summed E-state index contributed by atoms with van der Waals surface area (Å²) in [7, 11) is 1.01. The number of hydrogen-bond donors (Lipinski definition) is 0. The second kappa shape index (κ2) is 9.73. The highest BCUT2D eigenvalue weighted by Crippen LogP contribution is 2.31. The molecule has 10 heteroatoms.